The third kappa shape index (κ3) is 3.19. The van der Waals surface area contributed by atoms with E-state index in [2.05, 4.69) is 38.3 Å². The van der Waals surface area contributed by atoms with Crippen LogP contribution in [0.25, 0.3) is 0 Å². The fourth-order valence-corrected chi connectivity index (χ4v) is 4.04. The molecule has 3 nitrogen and oxygen atoms in total. The maximum atomic E-state index is 12.7. The average Bonchev–Trinajstić information content (AvgIpc) is 2.80. The number of hydrogen-bond acceptors (Lipinski definition) is 2. The summed E-state index contributed by atoms with van der Waals surface area (Å²) in [4.78, 5) is 12.7. The molecule has 1 heterocycles. The van der Waals surface area contributed by atoms with Crippen LogP contribution in [0.15, 0.2) is 0 Å². The molecule has 0 bridgehead atoms. The van der Waals surface area contributed by atoms with Gasteiger partial charge in [0, 0.05) is 11.5 Å². The summed E-state index contributed by atoms with van der Waals surface area (Å²) in [6.07, 6.45) is 6.03. The molecule has 2 rings (SSSR count). The zero-order chi connectivity index (χ0) is 14.8. The number of amides is 1. The molecule has 4 atom stereocenters. The second-order valence-corrected chi connectivity index (χ2v) is 7.45. The van der Waals surface area contributed by atoms with Crippen LogP contribution in [0.2, 0.25) is 0 Å². The summed E-state index contributed by atoms with van der Waals surface area (Å²) in [6, 6.07) is 0.392. The molecule has 3 heteroatoms. The fourth-order valence-electron chi connectivity index (χ4n) is 4.04. The molecule has 2 N–H and O–H groups in total. The molecule has 0 aromatic rings. The molecule has 4 unspecified atom stereocenters. The van der Waals surface area contributed by atoms with Crippen molar-refractivity contribution in [3.05, 3.63) is 0 Å². The van der Waals surface area contributed by atoms with Gasteiger partial charge in [0.15, 0.2) is 0 Å². The number of nitrogens with one attached hydrogen (secondary N) is 2. The van der Waals surface area contributed by atoms with Crippen LogP contribution in [0, 0.1) is 23.2 Å². The molecule has 20 heavy (non-hydrogen) atoms. The summed E-state index contributed by atoms with van der Waals surface area (Å²) in [5, 5.41) is 6.80. The molecular weight excluding hydrogens is 248 g/mol. The highest BCUT2D eigenvalue weighted by Gasteiger charge is 2.40. The average molecular weight is 280 g/mol. The van der Waals surface area contributed by atoms with Crippen LogP contribution >= 0.6 is 0 Å². The predicted octanol–water partition coefficient (Wildman–Crippen LogP) is 2.95. The van der Waals surface area contributed by atoms with Crippen LogP contribution in [0.5, 0.6) is 0 Å². The van der Waals surface area contributed by atoms with Crippen molar-refractivity contribution in [2.24, 2.45) is 23.2 Å². The van der Waals surface area contributed by atoms with Crippen molar-refractivity contribution >= 4 is 5.91 Å². The van der Waals surface area contributed by atoms with Crippen LogP contribution in [0.3, 0.4) is 0 Å². The summed E-state index contributed by atoms with van der Waals surface area (Å²) >= 11 is 0. The summed E-state index contributed by atoms with van der Waals surface area (Å²) in [6.45, 7) is 10.9. The first-order valence-corrected chi connectivity index (χ1v) is 8.48. The highest BCUT2D eigenvalue weighted by Crippen LogP contribution is 2.36. The minimum absolute atomic E-state index is 0.253. The Morgan fingerprint density at radius 3 is 2.60 bits per heavy atom. The Kier molecular flexibility index (Phi) is 5.11. The zero-order valence-corrected chi connectivity index (χ0v) is 13.7. The number of piperidine rings is 1. The van der Waals surface area contributed by atoms with E-state index in [1.165, 1.54) is 25.7 Å². The second kappa shape index (κ2) is 6.46. The predicted molar refractivity (Wildman–Crippen MR) is 83.5 cm³/mol. The molecule has 0 aromatic heterocycles. The smallest absolute Gasteiger partial charge is 0.226 e. The lowest BCUT2D eigenvalue weighted by Crippen LogP contribution is -2.50. The lowest BCUT2D eigenvalue weighted by Gasteiger charge is -2.37. The van der Waals surface area contributed by atoms with E-state index in [4.69, 9.17) is 0 Å². The molecule has 0 spiro atoms. The van der Waals surface area contributed by atoms with Gasteiger partial charge in [-0.05, 0) is 56.5 Å². The molecule has 1 saturated carbocycles. The van der Waals surface area contributed by atoms with Gasteiger partial charge in [0.2, 0.25) is 5.91 Å². The van der Waals surface area contributed by atoms with Gasteiger partial charge in [0.05, 0.1) is 0 Å². The summed E-state index contributed by atoms with van der Waals surface area (Å²) in [7, 11) is 0. The van der Waals surface area contributed by atoms with Gasteiger partial charge < -0.3 is 10.6 Å². The number of hydrogen-bond donors (Lipinski definition) is 2. The van der Waals surface area contributed by atoms with E-state index < -0.39 is 0 Å². The van der Waals surface area contributed by atoms with E-state index in [9.17, 15) is 4.79 Å². The van der Waals surface area contributed by atoms with E-state index in [-0.39, 0.29) is 11.3 Å². The highest BCUT2D eigenvalue weighted by molar-refractivity contribution is 5.82. The van der Waals surface area contributed by atoms with Gasteiger partial charge in [-0.15, -0.1) is 0 Å². The van der Waals surface area contributed by atoms with Gasteiger partial charge in [-0.2, -0.15) is 0 Å². The van der Waals surface area contributed by atoms with E-state index in [0.29, 0.717) is 17.9 Å². The quantitative estimate of drug-likeness (QED) is 0.831. The lowest BCUT2D eigenvalue weighted by molar-refractivity contribution is -0.133. The lowest BCUT2D eigenvalue weighted by atomic mass is 9.74. The Hall–Kier alpha value is -0.570. The molecule has 1 aliphatic heterocycles. The third-order valence-corrected chi connectivity index (χ3v) is 5.97. The van der Waals surface area contributed by atoms with Crippen molar-refractivity contribution in [3.63, 3.8) is 0 Å². The Balaban J connectivity index is 1.93. The van der Waals surface area contributed by atoms with Crippen molar-refractivity contribution in [2.45, 2.75) is 65.8 Å². The standard InChI is InChI=1S/C17H32N2O/c1-5-13-8-9-15(12(13)2)19-16(20)17(3,4)14-7-6-10-18-11-14/h12-15,18H,5-11H2,1-4H3,(H,19,20). The Morgan fingerprint density at radius 2 is 2.05 bits per heavy atom. The maximum absolute atomic E-state index is 12.7. The van der Waals surface area contributed by atoms with Crippen molar-refractivity contribution < 1.29 is 4.79 Å². The van der Waals surface area contributed by atoms with E-state index in [1.54, 1.807) is 0 Å². The first kappa shape index (κ1) is 15.8. The molecular formula is C17H32N2O. The number of carbonyl (C=O) groups is 1. The molecule has 0 radical (unpaired) electrons. The number of carbonyl (C=O) groups excluding carboxylic acids is 1. The van der Waals surface area contributed by atoms with Crippen molar-refractivity contribution in [3.8, 4) is 0 Å². The van der Waals surface area contributed by atoms with Crippen LogP contribution in [-0.4, -0.2) is 25.0 Å². The van der Waals surface area contributed by atoms with Gasteiger partial charge in [0.1, 0.15) is 0 Å². The molecule has 1 saturated heterocycles. The molecule has 2 fully saturated rings. The molecule has 1 aliphatic carbocycles. The first-order chi connectivity index (χ1) is 9.46. The van der Waals surface area contributed by atoms with Crippen molar-refractivity contribution in [1.82, 2.24) is 10.6 Å². The SMILES string of the molecule is CCC1CCC(NC(=O)C(C)(C)C2CCCNC2)C1C. The Bertz CT molecular complexity index is 334. The van der Waals surface area contributed by atoms with E-state index >= 15 is 0 Å². The topological polar surface area (TPSA) is 41.1 Å². The van der Waals surface area contributed by atoms with Crippen molar-refractivity contribution in [1.29, 1.82) is 0 Å². The minimum atomic E-state index is -0.253. The monoisotopic (exact) mass is 280 g/mol. The maximum Gasteiger partial charge on any atom is 0.226 e. The Labute approximate surface area is 124 Å². The highest BCUT2D eigenvalue weighted by atomic mass is 16.2. The first-order valence-electron chi connectivity index (χ1n) is 8.48. The third-order valence-electron chi connectivity index (χ3n) is 5.97. The van der Waals surface area contributed by atoms with Crippen LogP contribution in [0.4, 0.5) is 0 Å². The Morgan fingerprint density at radius 1 is 1.30 bits per heavy atom. The summed E-state index contributed by atoms with van der Waals surface area (Å²) in [5.74, 6) is 2.15. The largest absolute Gasteiger partial charge is 0.353 e. The molecule has 0 aromatic carbocycles. The van der Waals surface area contributed by atoms with Gasteiger partial charge in [-0.3, -0.25) is 4.79 Å². The molecule has 116 valence electrons. The van der Waals surface area contributed by atoms with E-state index in [0.717, 1.165) is 25.4 Å². The fraction of sp³-hybridized carbons (Fsp3) is 0.941. The van der Waals surface area contributed by atoms with Gasteiger partial charge in [-0.1, -0.05) is 34.1 Å². The molecule has 1 amide bonds. The van der Waals surface area contributed by atoms with Gasteiger partial charge in [0.25, 0.3) is 0 Å². The normalized spacial score (nSPS) is 35.0. The van der Waals surface area contributed by atoms with Crippen LogP contribution < -0.4 is 10.6 Å². The van der Waals surface area contributed by atoms with Gasteiger partial charge in [-0.25, -0.2) is 0 Å². The van der Waals surface area contributed by atoms with Gasteiger partial charge >= 0.3 is 0 Å². The minimum Gasteiger partial charge on any atom is -0.353 e. The number of rotatable bonds is 4. The molecule has 2 aliphatic rings. The van der Waals surface area contributed by atoms with Crippen LogP contribution in [0.1, 0.15) is 59.8 Å². The summed E-state index contributed by atoms with van der Waals surface area (Å²) in [5.41, 5.74) is -0.253. The van der Waals surface area contributed by atoms with Crippen LogP contribution in [-0.2, 0) is 4.79 Å². The summed E-state index contributed by atoms with van der Waals surface area (Å²) < 4.78 is 0. The zero-order valence-electron chi connectivity index (χ0n) is 13.7. The second-order valence-electron chi connectivity index (χ2n) is 7.45. The van der Waals surface area contributed by atoms with Crippen molar-refractivity contribution in [2.75, 3.05) is 13.1 Å². The van der Waals surface area contributed by atoms with E-state index in [1.807, 2.05) is 0 Å².